The lowest BCUT2D eigenvalue weighted by Crippen LogP contribution is -2.39. The number of anilines is 1. The van der Waals surface area contributed by atoms with Gasteiger partial charge in [0.2, 0.25) is 0 Å². The summed E-state index contributed by atoms with van der Waals surface area (Å²) in [5.74, 6) is -0.0422. The molecule has 0 bridgehead atoms. The highest BCUT2D eigenvalue weighted by Gasteiger charge is 2.25. The second kappa shape index (κ2) is 10.2. The number of benzene rings is 1. The second-order valence-electron chi connectivity index (χ2n) is 6.94. The first-order valence-electron chi connectivity index (χ1n) is 9.90. The third-order valence-corrected chi connectivity index (χ3v) is 6.23. The van der Waals surface area contributed by atoms with Gasteiger partial charge in [-0.3, -0.25) is 14.4 Å². The van der Waals surface area contributed by atoms with Crippen molar-refractivity contribution < 1.29 is 4.79 Å². The number of fused-ring (bicyclic) bond motifs is 1. The molecule has 2 heterocycles. The van der Waals surface area contributed by atoms with Crippen LogP contribution in [-0.4, -0.2) is 51.8 Å². The molecule has 1 aromatic carbocycles. The number of hydrogen-bond acceptors (Lipinski definition) is 5. The first-order valence-corrected chi connectivity index (χ1v) is 10.7. The lowest BCUT2D eigenvalue weighted by molar-refractivity contribution is 0.0974. The maximum absolute atomic E-state index is 13.5. The van der Waals surface area contributed by atoms with E-state index in [1.807, 2.05) is 18.9 Å². The van der Waals surface area contributed by atoms with Crippen LogP contribution in [-0.2, 0) is 13.5 Å². The van der Waals surface area contributed by atoms with Crippen LogP contribution in [0.2, 0.25) is 0 Å². The molecule has 1 amide bonds. The Morgan fingerprint density at radius 3 is 2.48 bits per heavy atom. The van der Waals surface area contributed by atoms with Gasteiger partial charge in [0.05, 0.1) is 16.4 Å². The van der Waals surface area contributed by atoms with Crippen molar-refractivity contribution in [3.8, 4) is 0 Å². The van der Waals surface area contributed by atoms with Crippen LogP contribution in [0.15, 0.2) is 24.4 Å². The van der Waals surface area contributed by atoms with Gasteiger partial charge in [0, 0.05) is 20.1 Å². The van der Waals surface area contributed by atoms with Crippen LogP contribution in [0, 0.1) is 6.92 Å². The number of carbonyl (C=O) groups excluding carboxylic acids is 1. The Bertz CT molecular complexity index is 944. The first kappa shape index (κ1) is 23.3. The number of aryl methyl sites for hydroxylation is 3. The van der Waals surface area contributed by atoms with Crippen LogP contribution in [0.25, 0.3) is 10.2 Å². The van der Waals surface area contributed by atoms with E-state index in [0.717, 1.165) is 47.0 Å². The second-order valence-corrected chi connectivity index (χ2v) is 7.94. The Morgan fingerprint density at radius 1 is 1.17 bits per heavy atom. The molecule has 0 aliphatic carbocycles. The van der Waals surface area contributed by atoms with Crippen molar-refractivity contribution >= 4 is 45.0 Å². The molecule has 0 unspecified atom stereocenters. The Hall–Kier alpha value is -1.96. The Labute approximate surface area is 182 Å². The monoisotopic (exact) mass is 435 g/mol. The molecule has 8 heteroatoms. The minimum Gasteiger partial charge on any atom is -0.302 e. The molecule has 0 fully saturated rings. The van der Waals surface area contributed by atoms with Gasteiger partial charge in [-0.25, -0.2) is 4.98 Å². The molecular weight excluding hydrogens is 406 g/mol. The van der Waals surface area contributed by atoms with E-state index in [9.17, 15) is 4.79 Å². The fourth-order valence-electron chi connectivity index (χ4n) is 3.34. The summed E-state index contributed by atoms with van der Waals surface area (Å²) in [6.45, 7) is 11.7. The molecule has 2 aromatic heterocycles. The summed E-state index contributed by atoms with van der Waals surface area (Å²) in [7, 11) is 1.81. The minimum atomic E-state index is -0.0422. The zero-order valence-electron chi connectivity index (χ0n) is 17.8. The Balaban J connectivity index is 0.00000300. The van der Waals surface area contributed by atoms with E-state index in [1.165, 1.54) is 5.56 Å². The number of rotatable bonds is 8. The summed E-state index contributed by atoms with van der Waals surface area (Å²) in [6.07, 6.45) is 2.73. The number of likely N-dealkylation sites (N-methyl/N-ethyl adjacent to an activating group) is 1. The lowest BCUT2D eigenvalue weighted by Gasteiger charge is -2.25. The first-order chi connectivity index (χ1) is 13.5. The number of thiazole rings is 1. The van der Waals surface area contributed by atoms with Gasteiger partial charge in [0.15, 0.2) is 5.13 Å². The quantitative estimate of drug-likeness (QED) is 0.529. The molecule has 0 aliphatic rings. The van der Waals surface area contributed by atoms with E-state index >= 15 is 0 Å². The largest absolute Gasteiger partial charge is 0.302 e. The van der Waals surface area contributed by atoms with Gasteiger partial charge in [-0.2, -0.15) is 5.10 Å². The van der Waals surface area contributed by atoms with E-state index in [0.29, 0.717) is 12.2 Å². The van der Waals surface area contributed by atoms with Gasteiger partial charge >= 0.3 is 0 Å². The molecular formula is C21H30ClN5OS. The summed E-state index contributed by atoms with van der Waals surface area (Å²) in [5, 5.41) is 5.00. The average Bonchev–Trinajstić information content (AvgIpc) is 3.26. The molecule has 0 aliphatic heterocycles. The maximum atomic E-state index is 13.5. The van der Waals surface area contributed by atoms with E-state index in [4.69, 9.17) is 4.98 Å². The lowest BCUT2D eigenvalue weighted by atomic mass is 10.2. The number of hydrogen-bond donors (Lipinski definition) is 0. The van der Waals surface area contributed by atoms with Gasteiger partial charge in [0.1, 0.15) is 5.69 Å². The Morgan fingerprint density at radius 2 is 1.90 bits per heavy atom. The van der Waals surface area contributed by atoms with Gasteiger partial charge in [0.25, 0.3) is 5.91 Å². The number of aromatic nitrogens is 3. The molecule has 0 atom stereocenters. The van der Waals surface area contributed by atoms with Gasteiger partial charge in [-0.15, -0.1) is 12.4 Å². The molecule has 0 radical (unpaired) electrons. The van der Waals surface area contributed by atoms with Crippen molar-refractivity contribution in [2.45, 2.75) is 34.1 Å². The van der Waals surface area contributed by atoms with Crippen LogP contribution < -0.4 is 4.90 Å². The number of halogens is 1. The highest BCUT2D eigenvalue weighted by Crippen LogP contribution is 2.31. The summed E-state index contributed by atoms with van der Waals surface area (Å²) < 4.78 is 2.78. The summed E-state index contributed by atoms with van der Waals surface area (Å²) in [6, 6.07) is 6.34. The highest BCUT2D eigenvalue weighted by molar-refractivity contribution is 7.22. The molecule has 158 valence electrons. The fraction of sp³-hybridized carbons (Fsp3) is 0.476. The fourth-order valence-corrected chi connectivity index (χ4v) is 4.39. The van der Waals surface area contributed by atoms with Crippen LogP contribution in [0.4, 0.5) is 5.13 Å². The summed E-state index contributed by atoms with van der Waals surface area (Å²) >= 11 is 1.58. The zero-order chi connectivity index (χ0) is 20.3. The van der Waals surface area contributed by atoms with E-state index in [2.05, 4.69) is 49.0 Å². The summed E-state index contributed by atoms with van der Waals surface area (Å²) in [5.41, 5.74) is 3.73. The molecule has 0 spiro atoms. The molecule has 3 aromatic rings. The third kappa shape index (κ3) is 4.97. The predicted molar refractivity (Wildman–Crippen MR) is 124 cm³/mol. The van der Waals surface area contributed by atoms with Crippen molar-refractivity contribution in [3.05, 3.63) is 41.2 Å². The average molecular weight is 436 g/mol. The minimum absolute atomic E-state index is 0. The highest BCUT2D eigenvalue weighted by atomic mass is 35.5. The molecule has 29 heavy (non-hydrogen) atoms. The standard InChI is InChI=1S/C21H29N5OS.ClH/c1-6-16-9-10-17-18(13-16)28-21(23-17)26(12-11-25(7-2)8-3)20(27)19-15(4)14-22-24(19)5;/h9-10,13-14H,6-8,11-12H2,1-5H3;1H. The van der Waals surface area contributed by atoms with Crippen molar-refractivity contribution in [2.24, 2.45) is 7.05 Å². The maximum Gasteiger partial charge on any atom is 0.278 e. The molecule has 0 N–H and O–H groups in total. The number of nitrogens with zero attached hydrogens (tertiary/aromatic N) is 5. The van der Waals surface area contributed by atoms with E-state index in [1.54, 1.807) is 22.2 Å². The van der Waals surface area contributed by atoms with Crippen molar-refractivity contribution in [1.82, 2.24) is 19.7 Å². The molecule has 0 saturated carbocycles. The van der Waals surface area contributed by atoms with E-state index < -0.39 is 0 Å². The molecule has 3 rings (SSSR count). The number of carbonyl (C=O) groups is 1. The van der Waals surface area contributed by atoms with E-state index in [-0.39, 0.29) is 18.3 Å². The van der Waals surface area contributed by atoms with Crippen molar-refractivity contribution in [3.63, 3.8) is 0 Å². The van der Waals surface area contributed by atoms with Gasteiger partial charge in [-0.1, -0.05) is 38.2 Å². The zero-order valence-corrected chi connectivity index (χ0v) is 19.4. The van der Waals surface area contributed by atoms with Crippen molar-refractivity contribution in [2.75, 3.05) is 31.1 Å². The van der Waals surface area contributed by atoms with Crippen LogP contribution in [0.3, 0.4) is 0 Å². The number of amides is 1. The molecule has 6 nitrogen and oxygen atoms in total. The van der Waals surface area contributed by atoms with Gasteiger partial charge < -0.3 is 4.90 Å². The SMILES string of the molecule is CCc1ccc2nc(N(CCN(CC)CC)C(=O)c3c(C)cnn3C)sc2c1.Cl. The van der Waals surface area contributed by atoms with Crippen molar-refractivity contribution in [1.29, 1.82) is 0 Å². The van der Waals surface area contributed by atoms with Gasteiger partial charge in [-0.05, 0) is 49.7 Å². The smallest absolute Gasteiger partial charge is 0.278 e. The topological polar surface area (TPSA) is 54.3 Å². The van der Waals surface area contributed by atoms with Crippen LogP contribution in [0.5, 0.6) is 0 Å². The summed E-state index contributed by atoms with van der Waals surface area (Å²) in [4.78, 5) is 22.4. The normalized spacial score (nSPS) is 11.1. The Kier molecular flexibility index (Phi) is 8.19. The third-order valence-electron chi connectivity index (χ3n) is 5.18. The van der Waals surface area contributed by atoms with Crippen LogP contribution in [0.1, 0.15) is 42.4 Å². The van der Waals surface area contributed by atoms with Crippen LogP contribution >= 0.6 is 23.7 Å². The molecule has 0 saturated heterocycles. The predicted octanol–water partition coefficient (Wildman–Crippen LogP) is 4.31.